The standard InChI is InChI=1S/C14H21N3O/c1-10-7-8-13(18-2)12(9-10)14(17-15)16-11-5-3-4-6-11/h7-9,11H,3-6,15H2,1-2H3,(H,16,17). The van der Waals surface area contributed by atoms with E-state index in [4.69, 9.17) is 15.6 Å². The lowest BCUT2D eigenvalue weighted by atomic mass is 10.1. The number of aliphatic imine (C=N–C) groups is 1. The molecular weight excluding hydrogens is 226 g/mol. The minimum atomic E-state index is 0.390. The van der Waals surface area contributed by atoms with Crippen molar-refractivity contribution >= 4 is 5.84 Å². The van der Waals surface area contributed by atoms with Crippen LogP contribution in [-0.2, 0) is 0 Å². The number of benzene rings is 1. The van der Waals surface area contributed by atoms with Crippen LogP contribution in [0, 0.1) is 6.92 Å². The summed E-state index contributed by atoms with van der Waals surface area (Å²) in [6.07, 6.45) is 4.83. The zero-order valence-corrected chi connectivity index (χ0v) is 11.1. The molecule has 98 valence electrons. The number of aryl methyl sites for hydroxylation is 1. The van der Waals surface area contributed by atoms with Crippen molar-refractivity contribution in [2.45, 2.75) is 38.6 Å². The number of rotatable bonds is 3. The SMILES string of the molecule is COc1ccc(C)cc1C(=NC1CCCC1)NN. The Labute approximate surface area is 108 Å². The molecule has 1 aromatic rings. The Morgan fingerprint density at radius 3 is 2.72 bits per heavy atom. The van der Waals surface area contributed by atoms with Crippen molar-refractivity contribution in [1.29, 1.82) is 0 Å². The van der Waals surface area contributed by atoms with E-state index < -0.39 is 0 Å². The van der Waals surface area contributed by atoms with Gasteiger partial charge in [-0.1, -0.05) is 24.5 Å². The highest BCUT2D eigenvalue weighted by Crippen LogP contribution is 2.24. The van der Waals surface area contributed by atoms with E-state index in [1.54, 1.807) is 7.11 Å². The van der Waals surface area contributed by atoms with Crippen LogP contribution in [0.2, 0.25) is 0 Å². The number of nitrogens with zero attached hydrogens (tertiary/aromatic N) is 1. The molecule has 1 saturated carbocycles. The molecule has 4 nitrogen and oxygen atoms in total. The number of hydrazine groups is 1. The first-order valence-corrected chi connectivity index (χ1v) is 6.44. The molecule has 4 heteroatoms. The summed E-state index contributed by atoms with van der Waals surface area (Å²) in [5.41, 5.74) is 4.82. The number of hydrogen-bond donors (Lipinski definition) is 2. The van der Waals surface area contributed by atoms with Gasteiger partial charge >= 0.3 is 0 Å². The zero-order valence-electron chi connectivity index (χ0n) is 11.1. The van der Waals surface area contributed by atoms with Gasteiger partial charge in [0.05, 0.1) is 18.7 Å². The van der Waals surface area contributed by atoms with E-state index >= 15 is 0 Å². The van der Waals surface area contributed by atoms with Gasteiger partial charge in [-0.25, -0.2) is 5.84 Å². The lowest BCUT2D eigenvalue weighted by molar-refractivity contribution is 0.413. The maximum atomic E-state index is 5.62. The minimum absolute atomic E-state index is 0.390. The van der Waals surface area contributed by atoms with Crippen molar-refractivity contribution in [3.8, 4) is 5.75 Å². The average molecular weight is 247 g/mol. The second-order valence-electron chi connectivity index (χ2n) is 4.76. The highest BCUT2D eigenvalue weighted by atomic mass is 16.5. The van der Waals surface area contributed by atoms with E-state index in [1.165, 1.54) is 18.4 Å². The molecule has 1 fully saturated rings. The lowest BCUT2D eigenvalue weighted by Gasteiger charge is -2.13. The highest BCUT2D eigenvalue weighted by Gasteiger charge is 2.16. The Kier molecular flexibility index (Phi) is 4.20. The van der Waals surface area contributed by atoms with Gasteiger partial charge in [0, 0.05) is 0 Å². The molecule has 0 aliphatic heterocycles. The van der Waals surface area contributed by atoms with E-state index in [0.29, 0.717) is 6.04 Å². The predicted molar refractivity (Wildman–Crippen MR) is 73.8 cm³/mol. The van der Waals surface area contributed by atoms with Gasteiger partial charge in [0.1, 0.15) is 11.6 Å². The van der Waals surface area contributed by atoms with Gasteiger partial charge < -0.3 is 10.2 Å². The molecule has 18 heavy (non-hydrogen) atoms. The van der Waals surface area contributed by atoms with Crippen LogP contribution in [0.4, 0.5) is 0 Å². The molecule has 0 bridgehead atoms. The molecule has 1 aliphatic carbocycles. The van der Waals surface area contributed by atoms with Crippen molar-refractivity contribution in [3.63, 3.8) is 0 Å². The van der Waals surface area contributed by atoms with Crippen LogP contribution in [0.15, 0.2) is 23.2 Å². The minimum Gasteiger partial charge on any atom is -0.496 e. The number of hydrogen-bond acceptors (Lipinski definition) is 3. The van der Waals surface area contributed by atoms with Crippen molar-refractivity contribution in [2.24, 2.45) is 10.8 Å². The summed E-state index contributed by atoms with van der Waals surface area (Å²) >= 11 is 0. The summed E-state index contributed by atoms with van der Waals surface area (Å²) in [7, 11) is 1.66. The summed E-state index contributed by atoms with van der Waals surface area (Å²) in [5.74, 6) is 7.15. The largest absolute Gasteiger partial charge is 0.496 e. The summed E-state index contributed by atoms with van der Waals surface area (Å²) in [6.45, 7) is 2.05. The number of nitrogens with one attached hydrogen (secondary N) is 1. The fourth-order valence-electron chi connectivity index (χ4n) is 2.41. The third-order valence-corrected chi connectivity index (χ3v) is 3.38. The Morgan fingerprint density at radius 1 is 1.39 bits per heavy atom. The molecular formula is C14H21N3O. The smallest absolute Gasteiger partial charge is 0.146 e. The van der Waals surface area contributed by atoms with Crippen LogP contribution in [0.1, 0.15) is 36.8 Å². The summed E-state index contributed by atoms with van der Waals surface area (Å²) < 4.78 is 5.37. The Balaban J connectivity index is 2.33. The van der Waals surface area contributed by atoms with Crippen LogP contribution < -0.4 is 16.0 Å². The topological polar surface area (TPSA) is 59.6 Å². The van der Waals surface area contributed by atoms with Gasteiger partial charge in [0.15, 0.2) is 0 Å². The third kappa shape index (κ3) is 2.82. The zero-order chi connectivity index (χ0) is 13.0. The van der Waals surface area contributed by atoms with Gasteiger partial charge in [0.25, 0.3) is 0 Å². The third-order valence-electron chi connectivity index (χ3n) is 3.38. The maximum absolute atomic E-state index is 5.62. The molecule has 0 aromatic heterocycles. The van der Waals surface area contributed by atoms with Gasteiger partial charge in [0.2, 0.25) is 0 Å². The highest BCUT2D eigenvalue weighted by molar-refractivity contribution is 6.01. The van der Waals surface area contributed by atoms with E-state index in [2.05, 4.69) is 5.43 Å². The van der Waals surface area contributed by atoms with Gasteiger partial charge in [-0.05, 0) is 31.9 Å². The molecule has 3 N–H and O–H groups in total. The molecule has 1 aromatic carbocycles. The summed E-state index contributed by atoms with van der Waals surface area (Å²) in [4.78, 5) is 4.71. The molecule has 2 rings (SSSR count). The molecule has 0 unspecified atom stereocenters. The Morgan fingerprint density at radius 2 is 2.11 bits per heavy atom. The average Bonchev–Trinajstić information content (AvgIpc) is 2.88. The van der Waals surface area contributed by atoms with Crippen molar-refractivity contribution in [2.75, 3.05) is 7.11 Å². The molecule has 0 atom stereocenters. The number of nitrogens with two attached hydrogens (primary N) is 1. The van der Waals surface area contributed by atoms with Gasteiger partial charge in [-0.2, -0.15) is 0 Å². The first-order chi connectivity index (χ1) is 8.74. The summed E-state index contributed by atoms with van der Waals surface area (Å²) in [5, 5.41) is 0. The van der Waals surface area contributed by atoms with Crippen LogP contribution >= 0.6 is 0 Å². The Hall–Kier alpha value is -1.55. The summed E-state index contributed by atoms with van der Waals surface area (Å²) in [6, 6.07) is 6.41. The molecule has 0 saturated heterocycles. The van der Waals surface area contributed by atoms with Crippen LogP contribution in [-0.4, -0.2) is 19.0 Å². The van der Waals surface area contributed by atoms with Gasteiger partial charge in [-0.3, -0.25) is 4.99 Å². The monoisotopic (exact) mass is 247 g/mol. The lowest BCUT2D eigenvalue weighted by Crippen LogP contribution is -2.32. The molecule has 0 spiro atoms. The maximum Gasteiger partial charge on any atom is 0.146 e. The van der Waals surface area contributed by atoms with Gasteiger partial charge in [-0.15, -0.1) is 0 Å². The van der Waals surface area contributed by atoms with E-state index in [0.717, 1.165) is 30.0 Å². The number of ether oxygens (including phenoxy) is 1. The number of methoxy groups -OCH3 is 1. The van der Waals surface area contributed by atoms with Crippen LogP contribution in [0.5, 0.6) is 5.75 Å². The first kappa shape index (κ1) is 12.9. The fourth-order valence-corrected chi connectivity index (χ4v) is 2.41. The van der Waals surface area contributed by atoms with Crippen LogP contribution in [0.25, 0.3) is 0 Å². The predicted octanol–water partition coefficient (Wildman–Crippen LogP) is 2.16. The van der Waals surface area contributed by atoms with Crippen molar-refractivity contribution in [1.82, 2.24) is 5.43 Å². The van der Waals surface area contributed by atoms with Crippen molar-refractivity contribution in [3.05, 3.63) is 29.3 Å². The quantitative estimate of drug-likeness (QED) is 0.372. The molecule has 0 heterocycles. The molecule has 0 amide bonds. The molecule has 0 radical (unpaired) electrons. The Bertz CT molecular complexity index is 437. The van der Waals surface area contributed by atoms with E-state index in [-0.39, 0.29) is 0 Å². The fraction of sp³-hybridized carbons (Fsp3) is 0.500. The second-order valence-corrected chi connectivity index (χ2v) is 4.76. The van der Waals surface area contributed by atoms with E-state index in [9.17, 15) is 0 Å². The normalized spacial score (nSPS) is 16.9. The van der Waals surface area contributed by atoms with Crippen molar-refractivity contribution < 1.29 is 4.74 Å². The molecule has 1 aliphatic rings. The number of amidine groups is 1. The first-order valence-electron chi connectivity index (χ1n) is 6.44. The second kappa shape index (κ2) is 5.87. The van der Waals surface area contributed by atoms with E-state index in [1.807, 2.05) is 25.1 Å². The van der Waals surface area contributed by atoms with Crippen LogP contribution in [0.3, 0.4) is 0 Å².